The van der Waals surface area contributed by atoms with Crippen LogP contribution in [0.15, 0.2) is 52.4 Å². The van der Waals surface area contributed by atoms with E-state index < -0.39 is 0 Å². The van der Waals surface area contributed by atoms with Gasteiger partial charge < -0.3 is 4.90 Å². The fourth-order valence-electron chi connectivity index (χ4n) is 1.64. The predicted molar refractivity (Wildman–Crippen MR) is 56.9 cm³/mol. The quantitative estimate of drug-likeness (QED) is 0.614. The van der Waals surface area contributed by atoms with Gasteiger partial charge >= 0.3 is 0 Å². The minimum Gasteiger partial charge on any atom is -0.337 e. The maximum atomic E-state index is 2.34. The SMILES string of the molecule is C1=CC2=CCN2c2ccccc2S1. The first kappa shape index (κ1) is 7.27. The van der Waals surface area contributed by atoms with Crippen molar-refractivity contribution in [3.05, 3.63) is 47.5 Å². The van der Waals surface area contributed by atoms with Crippen LogP contribution in [0.3, 0.4) is 0 Å². The Bertz CT molecular complexity index is 406. The Kier molecular flexibility index (Phi) is 1.49. The van der Waals surface area contributed by atoms with Gasteiger partial charge in [-0.3, -0.25) is 0 Å². The first-order valence-electron chi connectivity index (χ1n) is 4.35. The van der Waals surface area contributed by atoms with E-state index in [-0.39, 0.29) is 0 Å². The first-order chi connectivity index (χ1) is 6.45. The molecule has 13 heavy (non-hydrogen) atoms. The Morgan fingerprint density at radius 3 is 3.00 bits per heavy atom. The topological polar surface area (TPSA) is 3.24 Å². The van der Waals surface area contributed by atoms with Crippen molar-refractivity contribution in [2.24, 2.45) is 0 Å². The largest absolute Gasteiger partial charge is 0.337 e. The number of rotatable bonds is 0. The predicted octanol–water partition coefficient (Wildman–Crippen LogP) is 3.01. The van der Waals surface area contributed by atoms with Gasteiger partial charge in [-0.25, -0.2) is 0 Å². The normalized spacial score (nSPS) is 18.2. The number of allylic oxidation sites excluding steroid dienone is 1. The third-order valence-corrected chi connectivity index (χ3v) is 3.26. The zero-order valence-corrected chi connectivity index (χ0v) is 7.92. The lowest BCUT2D eigenvalue weighted by Gasteiger charge is -2.31. The summed E-state index contributed by atoms with van der Waals surface area (Å²) in [4.78, 5) is 3.69. The molecule has 64 valence electrons. The van der Waals surface area contributed by atoms with E-state index in [4.69, 9.17) is 0 Å². The summed E-state index contributed by atoms with van der Waals surface area (Å²) in [7, 11) is 0. The molecule has 0 atom stereocenters. The van der Waals surface area contributed by atoms with E-state index in [1.54, 1.807) is 11.8 Å². The second-order valence-electron chi connectivity index (χ2n) is 3.13. The number of anilines is 1. The molecule has 0 bridgehead atoms. The van der Waals surface area contributed by atoms with E-state index in [9.17, 15) is 0 Å². The van der Waals surface area contributed by atoms with E-state index in [1.807, 2.05) is 0 Å². The van der Waals surface area contributed by atoms with Crippen LogP contribution in [0.2, 0.25) is 0 Å². The number of para-hydroxylation sites is 1. The summed E-state index contributed by atoms with van der Waals surface area (Å²) in [5.41, 5.74) is 2.67. The van der Waals surface area contributed by atoms with Crippen molar-refractivity contribution in [2.45, 2.75) is 4.90 Å². The van der Waals surface area contributed by atoms with Crippen molar-refractivity contribution < 1.29 is 0 Å². The van der Waals surface area contributed by atoms with Gasteiger partial charge in [0.1, 0.15) is 0 Å². The molecule has 2 heteroatoms. The molecule has 2 aliphatic heterocycles. The Labute approximate surface area is 81.7 Å². The fraction of sp³-hybridized carbons (Fsp3) is 0.0909. The highest BCUT2D eigenvalue weighted by Crippen LogP contribution is 2.38. The van der Waals surface area contributed by atoms with Gasteiger partial charge in [-0.15, -0.1) is 0 Å². The molecule has 0 saturated heterocycles. The van der Waals surface area contributed by atoms with Crippen molar-refractivity contribution in [2.75, 3.05) is 11.4 Å². The molecule has 0 amide bonds. The lowest BCUT2D eigenvalue weighted by molar-refractivity contribution is 0.938. The third kappa shape index (κ3) is 1.02. The van der Waals surface area contributed by atoms with E-state index in [1.165, 1.54) is 16.3 Å². The lowest BCUT2D eigenvalue weighted by Crippen LogP contribution is -2.29. The van der Waals surface area contributed by atoms with Gasteiger partial charge in [-0.05, 0) is 29.7 Å². The molecule has 1 aromatic carbocycles. The Hall–Kier alpha value is -1.15. The lowest BCUT2D eigenvalue weighted by atomic mass is 10.1. The molecular formula is C11H9NS. The van der Waals surface area contributed by atoms with Crippen LogP contribution < -0.4 is 4.90 Å². The number of nitrogens with zero attached hydrogens (tertiary/aromatic N) is 1. The molecule has 2 heterocycles. The van der Waals surface area contributed by atoms with Crippen molar-refractivity contribution in [3.8, 4) is 0 Å². The summed E-state index contributed by atoms with van der Waals surface area (Å²) >= 11 is 1.79. The number of thioether (sulfide) groups is 1. The number of hydrogen-bond donors (Lipinski definition) is 0. The van der Waals surface area contributed by atoms with Crippen LogP contribution >= 0.6 is 11.8 Å². The zero-order chi connectivity index (χ0) is 8.67. The molecule has 0 radical (unpaired) electrons. The molecule has 0 unspecified atom stereocenters. The zero-order valence-electron chi connectivity index (χ0n) is 7.10. The molecule has 3 rings (SSSR count). The number of hydrogen-bond acceptors (Lipinski definition) is 2. The third-order valence-electron chi connectivity index (χ3n) is 2.38. The van der Waals surface area contributed by atoms with Gasteiger partial charge in [0.25, 0.3) is 0 Å². The first-order valence-corrected chi connectivity index (χ1v) is 5.23. The van der Waals surface area contributed by atoms with Crippen molar-refractivity contribution in [3.63, 3.8) is 0 Å². The molecule has 0 N–H and O–H groups in total. The van der Waals surface area contributed by atoms with Gasteiger partial charge in [-0.1, -0.05) is 23.9 Å². The van der Waals surface area contributed by atoms with E-state index in [2.05, 4.69) is 46.7 Å². The molecule has 1 nitrogen and oxygen atoms in total. The Morgan fingerprint density at radius 2 is 2.15 bits per heavy atom. The molecule has 0 aromatic heterocycles. The van der Waals surface area contributed by atoms with Crippen LogP contribution in [0.25, 0.3) is 0 Å². The van der Waals surface area contributed by atoms with E-state index in [0.29, 0.717) is 0 Å². The monoisotopic (exact) mass is 187 g/mol. The highest BCUT2D eigenvalue weighted by atomic mass is 32.2. The average molecular weight is 187 g/mol. The molecular weight excluding hydrogens is 178 g/mol. The minimum absolute atomic E-state index is 1.05. The maximum absolute atomic E-state index is 2.34. The van der Waals surface area contributed by atoms with E-state index >= 15 is 0 Å². The highest BCUT2D eigenvalue weighted by molar-refractivity contribution is 8.02. The van der Waals surface area contributed by atoms with Gasteiger partial charge in [0.2, 0.25) is 0 Å². The maximum Gasteiger partial charge on any atom is 0.0555 e. The summed E-state index contributed by atoms with van der Waals surface area (Å²) in [5, 5.41) is 2.16. The van der Waals surface area contributed by atoms with Gasteiger partial charge in [0.05, 0.1) is 5.69 Å². The van der Waals surface area contributed by atoms with Crippen LogP contribution in [0, 0.1) is 0 Å². The molecule has 0 spiro atoms. The van der Waals surface area contributed by atoms with Crippen molar-refractivity contribution in [1.82, 2.24) is 0 Å². The van der Waals surface area contributed by atoms with Crippen LogP contribution in [0.4, 0.5) is 5.69 Å². The van der Waals surface area contributed by atoms with Gasteiger partial charge in [0.15, 0.2) is 0 Å². The van der Waals surface area contributed by atoms with Crippen LogP contribution in [0.1, 0.15) is 0 Å². The van der Waals surface area contributed by atoms with Crippen LogP contribution in [-0.2, 0) is 0 Å². The Balaban J connectivity index is 2.17. The van der Waals surface area contributed by atoms with Crippen LogP contribution in [-0.4, -0.2) is 6.54 Å². The molecule has 2 aliphatic rings. The summed E-state index contributed by atoms with van der Waals surface area (Å²) < 4.78 is 0. The second kappa shape index (κ2) is 2.67. The second-order valence-corrected chi connectivity index (χ2v) is 4.08. The summed E-state index contributed by atoms with van der Waals surface area (Å²) in [5.74, 6) is 0. The van der Waals surface area contributed by atoms with Crippen LogP contribution in [0.5, 0.6) is 0 Å². The average Bonchev–Trinajstić information content (AvgIpc) is 2.23. The van der Waals surface area contributed by atoms with Crippen molar-refractivity contribution >= 4 is 17.4 Å². The summed E-state index contributed by atoms with van der Waals surface area (Å²) in [6.45, 7) is 1.05. The molecule has 0 aliphatic carbocycles. The van der Waals surface area contributed by atoms with E-state index in [0.717, 1.165) is 6.54 Å². The smallest absolute Gasteiger partial charge is 0.0555 e. The van der Waals surface area contributed by atoms with Gasteiger partial charge in [-0.2, -0.15) is 0 Å². The molecule has 0 fully saturated rings. The number of benzene rings is 1. The Morgan fingerprint density at radius 1 is 1.23 bits per heavy atom. The molecule has 0 saturated carbocycles. The van der Waals surface area contributed by atoms with Crippen molar-refractivity contribution in [1.29, 1.82) is 0 Å². The highest BCUT2D eigenvalue weighted by Gasteiger charge is 2.20. The standard InChI is InChI=1S/C11H9NS/c1-2-4-11-10(3-1)12-7-5-9(12)6-8-13-11/h1-6,8H,7H2. The summed E-state index contributed by atoms with van der Waals surface area (Å²) in [6.07, 6.45) is 4.42. The number of fused-ring (bicyclic) bond motifs is 3. The fourth-order valence-corrected chi connectivity index (χ4v) is 2.45. The molecule has 1 aromatic rings. The summed E-state index contributed by atoms with van der Waals surface area (Å²) in [6, 6.07) is 8.54. The minimum atomic E-state index is 1.05. The van der Waals surface area contributed by atoms with Gasteiger partial charge in [0, 0.05) is 17.1 Å².